The molecule has 1 heterocycles. The molecule has 3 aromatic rings. The number of hydrogen-bond donors (Lipinski definition) is 1. The maximum Gasteiger partial charge on any atom is 0.247 e. The van der Waals surface area contributed by atoms with Crippen LogP contribution in [0.4, 0.5) is 17.5 Å². The van der Waals surface area contributed by atoms with E-state index in [4.69, 9.17) is 11.6 Å². The van der Waals surface area contributed by atoms with E-state index in [1.807, 2.05) is 54.4 Å². The monoisotopic (exact) mass is 325 g/mol. The van der Waals surface area contributed by atoms with Gasteiger partial charge >= 0.3 is 0 Å². The van der Waals surface area contributed by atoms with Gasteiger partial charge < -0.3 is 10.2 Å². The fourth-order valence-corrected chi connectivity index (χ4v) is 2.25. The summed E-state index contributed by atoms with van der Waals surface area (Å²) in [6, 6.07) is 17.6. The quantitative estimate of drug-likeness (QED) is 0.771. The highest BCUT2D eigenvalue weighted by atomic mass is 35.5. The molecule has 2 aromatic carbocycles. The summed E-state index contributed by atoms with van der Waals surface area (Å²) in [6.07, 6.45) is 1.59. The van der Waals surface area contributed by atoms with Crippen LogP contribution in [0, 0.1) is 0 Å². The number of nitrogens with zero attached hydrogens (tertiary/aromatic N) is 4. The van der Waals surface area contributed by atoms with Crippen molar-refractivity contribution >= 4 is 29.1 Å². The lowest BCUT2D eigenvalue weighted by Gasteiger charge is -2.17. The first-order valence-corrected chi connectivity index (χ1v) is 7.56. The topological polar surface area (TPSA) is 53.9 Å². The van der Waals surface area contributed by atoms with Gasteiger partial charge in [-0.15, -0.1) is 5.10 Å². The van der Waals surface area contributed by atoms with E-state index in [9.17, 15) is 0 Å². The second-order valence-corrected chi connectivity index (χ2v) is 5.55. The summed E-state index contributed by atoms with van der Waals surface area (Å²) in [5.74, 6) is 1.20. The van der Waals surface area contributed by atoms with Crippen LogP contribution in [0.25, 0.3) is 0 Å². The van der Waals surface area contributed by atoms with E-state index in [0.717, 1.165) is 5.69 Å². The van der Waals surface area contributed by atoms with Crippen molar-refractivity contribution in [3.8, 4) is 0 Å². The Hall–Kier alpha value is -2.66. The van der Waals surface area contributed by atoms with Gasteiger partial charge in [0.2, 0.25) is 5.95 Å². The number of benzene rings is 2. The number of anilines is 3. The number of nitrogens with one attached hydrogen (secondary N) is 1. The van der Waals surface area contributed by atoms with Crippen molar-refractivity contribution < 1.29 is 0 Å². The Bertz CT molecular complexity index is 761. The molecule has 1 aromatic heterocycles. The van der Waals surface area contributed by atoms with E-state index >= 15 is 0 Å². The Labute approximate surface area is 140 Å². The molecule has 116 valence electrons. The zero-order valence-corrected chi connectivity index (χ0v) is 13.4. The van der Waals surface area contributed by atoms with Crippen LogP contribution in [0.3, 0.4) is 0 Å². The van der Waals surface area contributed by atoms with Gasteiger partial charge in [0.05, 0.1) is 6.20 Å². The molecule has 3 rings (SSSR count). The molecular formula is C17H16ClN5. The smallest absolute Gasteiger partial charge is 0.247 e. The Kier molecular flexibility index (Phi) is 4.68. The molecule has 0 amide bonds. The van der Waals surface area contributed by atoms with Crippen LogP contribution in [-0.4, -0.2) is 22.2 Å². The molecule has 0 bridgehead atoms. The van der Waals surface area contributed by atoms with E-state index < -0.39 is 0 Å². The van der Waals surface area contributed by atoms with Crippen LogP contribution in [0.1, 0.15) is 5.56 Å². The van der Waals surface area contributed by atoms with E-state index in [1.54, 1.807) is 6.20 Å². The fourth-order valence-electron chi connectivity index (χ4n) is 2.13. The van der Waals surface area contributed by atoms with E-state index in [1.165, 1.54) is 5.56 Å². The third-order valence-corrected chi connectivity index (χ3v) is 3.52. The van der Waals surface area contributed by atoms with Crippen LogP contribution < -0.4 is 10.2 Å². The third kappa shape index (κ3) is 4.17. The van der Waals surface area contributed by atoms with Crippen molar-refractivity contribution in [2.75, 3.05) is 17.3 Å². The Morgan fingerprint density at radius 2 is 1.78 bits per heavy atom. The molecule has 0 aliphatic heterocycles. The maximum atomic E-state index is 5.89. The van der Waals surface area contributed by atoms with Crippen LogP contribution in [0.5, 0.6) is 0 Å². The first-order chi connectivity index (χ1) is 11.2. The number of halogens is 1. The molecule has 6 heteroatoms. The molecule has 0 aliphatic carbocycles. The Morgan fingerprint density at radius 3 is 2.52 bits per heavy atom. The maximum absolute atomic E-state index is 5.89. The van der Waals surface area contributed by atoms with E-state index in [-0.39, 0.29) is 0 Å². The normalized spacial score (nSPS) is 10.3. The minimum absolute atomic E-state index is 0.563. The summed E-state index contributed by atoms with van der Waals surface area (Å²) in [4.78, 5) is 6.45. The molecule has 5 nitrogen and oxygen atoms in total. The van der Waals surface area contributed by atoms with Crippen molar-refractivity contribution in [3.05, 3.63) is 71.4 Å². The molecule has 0 unspecified atom stereocenters. The average Bonchev–Trinajstić information content (AvgIpc) is 2.58. The molecular weight excluding hydrogens is 310 g/mol. The molecule has 0 fully saturated rings. The van der Waals surface area contributed by atoms with Gasteiger partial charge in [0.15, 0.2) is 5.82 Å². The summed E-state index contributed by atoms with van der Waals surface area (Å²) >= 11 is 5.89. The highest BCUT2D eigenvalue weighted by Gasteiger charge is 2.07. The first-order valence-electron chi connectivity index (χ1n) is 7.18. The third-order valence-electron chi connectivity index (χ3n) is 3.27. The highest BCUT2D eigenvalue weighted by Crippen LogP contribution is 2.18. The summed E-state index contributed by atoms with van der Waals surface area (Å²) in [5, 5.41) is 12.0. The molecule has 0 saturated carbocycles. The zero-order valence-electron chi connectivity index (χ0n) is 12.6. The zero-order chi connectivity index (χ0) is 16.1. The summed E-state index contributed by atoms with van der Waals surface area (Å²) in [6.45, 7) is 0.715. The minimum Gasteiger partial charge on any atom is -0.339 e. The van der Waals surface area contributed by atoms with Gasteiger partial charge in [0.1, 0.15) is 0 Å². The SMILES string of the molecule is CN(Cc1ccccc1)c1nncc(Nc2ccc(Cl)cc2)n1. The van der Waals surface area contributed by atoms with Crippen LogP contribution in [0.15, 0.2) is 60.8 Å². The van der Waals surface area contributed by atoms with Gasteiger partial charge in [-0.25, -0.2) is 0 Å². The number of hydrogen-bond acceptors (Lipinski definition) is 5. The summed E-state index contributed by atoms with van der Waals surface area (Å²) in [7, 11) is 1.94. The summed E-state index contributed by atoms with van der Waals surface area (Å²) in [5.41, 5.74) is 2.08. The van der Waals surface area contributed by atoms with Crippen molar-refractivity contribution in [2.45, 2.75) is 6.54 Å². The second kappa shape index (κ2) is 7.07. The van der Waals surface area contributed by atoms with Crippen molar-refractivity contribution in [2.24, 2.45) is 0 Å². The first kappa shape index (κ1) is 15.2. The van der Waals surface area contributed by atoms with Crippen LogP contribution in [0.2, 0.25) is 5.02 Å². The number of aromatic nitrogens is 3. The molecule has 0 spiro atoms. The van der Waals surface area contributed by atoms with Crippen molar-refractivity contribution in [1.82, 2.24) is 15.2 Å². The molecule has 0 radical (unpaired) electrons. The molecule has 0 atom stereocenters. The van der Waals surface area contributed by atoms with E-state index in [0.29, 0.717) is 23.3 Å². The molecule has 0 aliphatic rings. The lowest BCUT2D eigenvalue weighted by atomic mass is 10.2. The Morgan fingerprint density at radius 1 is 1.04 bits per heavy atom. The lowest BCUT2D eigenvalue weighted by Crippen LogP contribution is -2.19. The Balaban J connectivity index is 1.72. The lowest BCUT2D eigenvalue weighted by molar-refractivity contribution is 0.831. The fraction of sp³-hybridized carbons (Fsp3) is 0.118. The predicted molar refractivity (Wildman–Crippen MR) is 93.1 cm³/mol. The van der Waals surface area contributed by atoms with Gasteiger partial charge in [-0.05, 0) is 29.8 Å². The summed E-state index contributed by atoms with van der Waals surface area (Å²) < 4.78 is 0. The standard InChI is InChI=1S/C17H16ClN5/c1-23(12-13-5-3-2-4-6-13)17-21-16(11-19-22-17)20-15-9-7-14(18)8-10-15/h2-11H,12H2,1H3,(H,20,21,22). The molecule has 0 saturated heterocycles. The van der Waals surface area contributed by atoms with Gasteiger partial charge in [0, 0.05) is 24.3 Å². The predicted octanol–water partition coefficient (Wildman–Crippen LogP) is 3.91. The number of rotatable bonds is 5. The van der Waals surface area contributed by atoms with Crippen LogP contribution >= 0.6 is 11.6 Å². The van der Waals surface area contributed by atoms with Gasteiger partial charge in [-0.3, -0.25) is 0 Å². The van der Waals surface area contributed by atoms with Crippen LogP contribution in [-0.2, 0) is 6.54 Å². The largest absolute Gasteiger partial charge is 0.339 e. The molecule has 23 heavy (non-hydrogen) atoms. The van der Waals surface area contributed by atoms with Gasteiger partial charge in [0.25, 0.3) is 0 Å². The van der Waals surface area contributed by atoms with E-state index in [2.05, 4.69) is 32.6 Å². The van der Waals surface area contributed by atoms with Gasteiger partial charge in [-0.1, -0.05) is 41.9 Å². The minimum atomic E-state index is 0.563. The van der Waals surface area contributed by atoms with Gasteiger partial charge in [-0.2, -0.15) is 10.1 Å². The van der Waals surface area contributed by atoms with Crippen molar-refractivity contribution in [1.29, 1.82) is 0 Å². The average molecular weight is 326 g/mol. The molecule has 1 N–H and O–H groups in total. The highest BCUT2D eigenvalue weighted by molar-refractivity contribution is 6.30. The second-order valence-electron chi connectivity index (χ2n) is 5.12. The van der Waals surface area contributed by atoms with Crippen molar-refractivity contribution in [3.63, 3.8) is 0 Å².